The number of carbonyl (C=O) groups is 1. The van der Waals surface area contributed by atoms with Crippen LogP contribution in [0.15, 0.2) is 60.7 Å². The minimum absolute atomic E-state index is 0.249. The second-order valence-electron chi connectivity index (χ2n) is 7.23. The number of aliphatic hydroxyl groups is 1. The molecule has 0 aliphatic carbocycles. The van der Waals surface area contributed by atoms with Gasteiger partial charge in [0.05, 0.1) is 13.2 Å². The zero-order chi connectivity index (χ0) is 20.2. The lowest BCUT2D eigenvalue weighted by Gasteiger charge is -2.47. The second kappa shape index (κ2) is 9.02. The topological polar surface area (TPSA) is 86.3 Å². The van der Waals surface area contributed by atoms with Gasteiger partial charge in [-0.25, -0.2) is 0 Å². The zero-order valence-electron chi connectivity index (χ0n) is 16.1. The molecule has 2 N–H and O–H groups in total. The third-order valence-corrected chi connectivity index (χ3v) is 5.06. The first-order valence-corrected chi connectivity index (χ1v) is 9.70. The van der Waals surface area contributed by atoms with E-state index in [1.165, 1.54) is 6.92 Å². The molecule has 0 spiro atoms. The Bertz CT molecular complexity index is 801. The average molecular weight is 399 g/mol. The third-order valence-electron chi connectivity index (χ3n) is 5.06. The first-order valence-electron chi connectivity index (χ1n) is 9.70. The highest BCUT2D eigenvalue weighted by molar-refractivity contribution is 5.73. The lowest BCUT2D eigenvalue weighted by molar-refractivity contribution is -0.345. The number of hydrogen-bond acceptors (Lipinski definition) is 6. The van der Waals surface area contributed by atoms with Gasteiger partial charge in [-0.15, -0.1) is 0 Å². The molecule has 0 bridgehead atoms. The molecule has 0 saturated carbocycles. The number of rotatable bonds is 5. The van der Waals surface area contributed by atoms with Crippen molar-refractivity contribution in [2.24, 2.45) is 0 Å². The first-order chi connectivity index (χ1) is 14.1. The van der Waals surface area contributed by atoms with Crippen molar-refractivity contribution in [3.05, 3.63) is 71.8 Å². The summed E-state index contributed by atoms with van der Waals surface area (Å²) in [6, 6.07) is 18.4. The van der Waals surface area contributed by atoms with E-state index in [9.17, 15) is 9.90 Å². The van der Waals surface area contributed by atoms with Crippen LogP contribution >= 0.6 is 0 Å². The van der Waals surface area contributed by atoms with Crippen LogP contribution in [-0.2, 0) is 30.3 Å². The Morgan fingerprint density at radius 2 is 1.79 bits per heavy atom. The van der Waals surface area contributed by atoms with E-state index in [1.807, 2.05) is 60.7 Å². The van der Waals surface area contributed by atoms with Gasteiger partial charge in [-0.2, -0.15) is 0 Å². The van der Waals surface area contributed by atoms with Crippen LogP contribution in [0.4, 0.5) is 0 Å². The van der Waals surface area contributed by atoms with Crippen LogP contribution in [0.5, 0.6) is 0 Å². The molecular weight excluding hydrogens is 374 g/mol. The minimum Gasteiger partial charge on any atom is -0.388 e. The van der Waals surface area contributed by atoms with Crippen LogP contribution in [0.3, 0.4) is 0 Å². The molecule has 2 heterocycles. The first kappa shape index (κ1) is 20.0. The summed E-state index contributed by atoms with van der Waals surface area (Å²) in [5.41, 5.74) is 1.83. The molecule has 2 aliphatic heterocycles. The molecule has 0 radical (unpaired) electrons. The van der Waals surface area contributed by atoms with Gasteiger partial charge in [0.15, 0.2) is 12.6 Å². The number of ether oxygens (including phenoxy) is 4. The molecule has 2 aromatic rings. The highest BCUT2D eigenvalue weighted by Crippen LogP contribution is 2.34. The quantitative estimate of drug-likeness (QED) is 0.799. The Kier molecular flexibility index (Phi) is 6.22. The van der Waals surface area contributed by atoms with Crippen LogP contribution in [0, 0.1) is 0 Å². The summed E-state index contributed by atoms with van der Waals surface area (Å²) in [5, 5.41) is 13.7. The molecule has 0 aromatic heterocycles. The number of hydrogen-bond donors (Lipinski definition) is 2. The Hall–Kier alpha value is -2.29. The fraction of sp³-hybridized carbons (Fsp3) is 0.409. The molecule has 4 rings (SSSR count). The third kappa shape index (κ3) is 4.66. The van der Waals surface area contributed by atoms with Crippen molar-refractivity contribution in [1.29, 1.82) is 0 Å². The van der Waals surface area contributed by atoms with Crippen LogP contribution in [0.25, 0.3) is 0 Å². The van der Waals surface area contributed by atoms with E-state index in [0.717, 1.165) is 11.1 Å². The van der Waals surface area contributed by atoms with Crippen molar-refractivity contribution >= 4 is 5.91 Å². The normalized spacial score (nSPS) is 31.7. The van der Waals surface area contributed by atoms with Crippen molar-refractivity contribution in [1.82, 2.24) is 5.32 Å². The van der Waals surface area contributed by atoms with Gasteiger partial charge < -0.3 is 29.4 Å². The van der Waals surface area contributed by atoms with E-state index in [1.54, 1.807) is 0 Å². The van der Waals surface area contributed by atoms with Crippen LogP contribution in [0.1, 0.15) is 24.3 Å². The van der Waals surface area contributed by atoms with E-state index in [4.69, 9.17) is 18.9 Å². The van der Waals surface area contributed by atoms with Crippen molar-refractivity contribution in [3.63, 3.8) is 0 Å². The molecule has 2 saturated heterocycles. The van der Waals surface area contributed by atoms with Crippen molar-refractivity contribution in [2.75, 3.05) is 6.61 Å². The molecule has 154 valence electrons. The fourth-order valence-electron chi connectivity index (χ4n) is 3.65. The second-order valence-corrected chi connectivity index (χ2v) is 7.23. The Morgan fingerprint density at radius 3 is 2.48 bits per heavy atom. The standard InChI is InChI=1S/C22H25NO6/c1-14(24)23-18-19(25)20-17(13-27-21(29-20)16-10-6-3-7-11-16)28-22(18)26-12-15-8-4-2-5-9-15/h2-11,17-22,25H,12-13H2,1H3,(H,23,24)/t17-,18+,19+,20+,21+,22+/m1/s1. The van der Waals surface area contributed by atoms with E-state index >= 15 is 0 Å². The van der Waals surface area contributed by atoms with Gasteiger partial charge in [-0.1, -0.05) is 60.7 Å². The summed E-state index contributed by atoms with van der Waals surface area (Å²) >= 11 is 0. The lowest BCUT2D eigenvalue weighted by Crippen LogP contribution is -2.66. The SMILES string of the molecule is CC(=O)N[C@@H]1[C@@H](OCc2ccccc2)O[C@@H]2CO[C@H](c3ccccc3)O[C@@H]2[C@H]1O. The van der Waals surface area contributed by atoms with Gasteiger partial charge >= 0.3 is 0 Å². The smallest absolute Gasteiger partial charge is 0.217 e. The van der Waals surface area contributed by atoms with Crippen LogP contribution in [-0.4, -0.2) is 48.3 Å². The number of nitrogens with one attached hydrogen (secondary N) is 1. The number of fused-ring (bicyclic) bond motifs is 1. The van der Waals surface area contributed by atoms with Crippen LogP contribution in [0.2, 0.25) is 0 Å². The molecule has 7 nitrogen and oxygen atoms in total. The molecule has 1 amide bonds. The van der Waals surface area contributed by atoms with Gasteiger partial charge in [-0.05, 0) is 5.56 Å². The van der Waals surface area contributed by atoms with E-state index in [0.29, 0.717) is 6.61 Å². The fourth-order valence-corrected chi connectivity index (χ4v) is 3.65. The van der Waals surface area contributed by atoms with Gasteiger partial charge in [0.2, 0.25) is 5.91 Å². The minimum atomic E-state index is -1.01. The highest BCUT2D eigenvalue weighted by atomic mass is 16.7. The highest BCUT2D eigenvalue weighted by Gasteiger charge is 2.50. The largest absolute Gasteiger partial charge is 0.388 e. The summed E-state index contributed by atoms with van der Waals surface area (Å²) in [6.07, 6.45) is -3.59. The van der Waals surface area contributed by atoms with Crippen molar-refractivity contribution in [3.8, 4) is 0 Å². The maximum atomic E-state index is 11.7. The molecule has 7 heteroatoms. The van der Waals surface area contributed by atoms with Crippen LogP contribution < -0.4 is 5.32 Å². The zero-order valence-corrected chi connectivity index (χ0v) is 16.1. The summed E-state index contributed by atoms with van der Waals surface area (Å²) in [7, 11) is 0. The van der Waals surface area contributed by atoms with E-state index in [2.05, 4.69) is 5.32 Å². The summed E-state index contributed by atoms with van der Waals surface area (Å²) in [6.45, 7) is 1.93. The Labute approximate surface area is 169 Å². The monoisotopic (exact) mass is 399 g/mol. The van der Waals surface area contributed by atoms with Crippen molar-refractivity contribution in [2.45, 2.75) is 50.5 Å². The Morgan fingerprint density at radius 1 is 1.10 bits per heavy atom. The maximum Gasteiger partial charge on any atom is 0.217 e. The number of benzene rings is 2. The molecule has 2 aliphatic rings. The molecule has 2 fully saturated rings. The summed E-state index contributed by atoms with van der Waals surface area (Å²) in [5.74, 6) is -0.281. The molecule has 2 aromatic carbocycles. The van der Waals surface area contributed by atoms with Gasteiger partial charge in [-0.3, -0.25) is 4.79 Å². The van der Waals surface area contributed by atoms with Crippen molar-refractivity contribution < 1.29 is 28.8 Å². The number of amides is 1. The predicted molar refractivity (Wildman–Crippen MR) is 104 cm³/mol. The predicted octanol–water partition coefficient (Wildman–Crippen LogP) is 1.91. The maximum absolute atomic E-state index is 11.7. The van der Waals surface area contributed by atoms with E-state index < -0.39 is 36.9 Å². The summed E-state index contributed by atoms with van der Waals surface area (Å²) < 4.78 is 23.8. The van der Waals surface area contributed by atoms with Gasteiger partial charge in [0, 0.05) is 12.5 Å². The van der Waals surface area contributed by atoms with Gasteiger partial charge in [0.25, 0.3) is 0 Å². The lowest BCUT2D eigenvalue weighted by atomic mass is 9.95. The Balaban J connectivity index is 1.48. The average Bonchev–Trinajstić information content (AvgIpc) is 2.75. The number of carbonyl (C=O) groups excluding carboxylic acids is 1. The molecular formula is C22H25NO6. The summed E-state index contributed by atoms with van der Waals surface area (Å²) in [4.78, 5) is 11.7. The number of aliphatic hydroxyl groups excluding tert-OH is 1. The van der Waals surface area contributed by atoms with E-state index in [-0.39, 0.29) is 12.5 Å². The molecule has 29 heavy (non-hydrogen) atoms. The molecule has 0 unspecified atom stereocenters. The molecule has 6 atom stereocenters. The van der Waals surface area contributed by atoms with Gasteiger partial charge in [0.1, 0.15) is 24.4 Å².